The first-order valence-electron chi connectivity index (χ1n) is 11.1. The van der Waals surface area contributed by atoms with Crippen molar-refractivity contribution in [2.75, 3.05) is 12.9 Å². The SMILES string of the molecule is CCSC1=CC(C=CC(O)C2CCCCC2)C(=CCCCCCC(=O)OC)C1=O. The number of unbranched alkanes of at least 4 members (excludes halogenated alkanes) is 3. The van der Waals surface area contributed by atoms with E-state index in [1.165, 1.54) is 26.4 Å². The molecule has 0 aromatic heterocycles. The lowest BCUT2D eigenvalue weighted by Gasteiger charge is -2.24. The van der Waals surface area contributed by atoms with Crippen molar-refractivity contribution in [3.63, 3.8) is 0 Å². The maximum absolute atomic E-state index is 12.8. The topological polar surface area (TPSA) is 63.6 Å². The van der Waals surface area contributed by atoms with Gasteiger partial charge in [-0.3, -0.25) is 9.59 Å². The summed E-state index contributed by atoms with van der Waals surface area (Å²) >= 11 is 1.59. The number of thioether (sulfide) groups is 1. The van der Waals surface area contributed by atoms with Crippen LogP contribution in [0.5, 0.6) is 0 Å². The highest BCUT2D eigenvalue weighted by atomic mass is 32.2. The van der Waals surface area contributed by atoms with Gasteiger partial charge < -0.3 is 9.84 Å². The van der Waals surface area contributed by atoms with Gasteiger partial charge in [-0.15, -0.1) is 11.8 Å². The Hall–Kier alpha value is -1.33. The van der Waals surface area contributed by atoms with E-state index in [1.807, 2.05) is 18.2 Å². The first-order valence-corrected chi connectivity index (χ1v) is 12.1. The van der Waals surface area contributed by atoms with E-state index in [2.05, 4.69) is 17.7 Å². The first-order chi connectivity index (χ1) is 14.1. The van der Waals surface area contributed by atoms with Crippen molar-refractivity contribution >= 4 is 23.5 Å². The van der Waals surface area contributed by atoms with Gasteiger partial charge in [0.25, 0.3) is 0 Å². The molecule has 0 aromatic rings. The molecule has 1 N–H and O–H groups in total. The number of carbonyl (C=O) groups is 2. The van der Waals surface area contributed by atoms with Crippen molar-refractivity contribution in [3.05, 3.63) is 34.8 Å². The molecule has 2 aliphatic carbocycles. The summed E-state index contributed by atoms with van der Waals surface area (Å²) in [5, 5.41) is 10.5. The maximum Gasteiger partial charge on any atom is 0.305 e. The van der Waals surface area contributed by atoms with Crippen molar-refractivity contribution in [2.24, 2.45) is 11.8 Å². The summed E-state index contributed by atoms with van der Waals surface area (Å²) in [4.78, 5) is 24.8. The molecule has 29 heavy (non-hydrogen) atoms. The van der Waals surface area contributed by atoms with E-state index in [9.17, 15) is 14.7 Å². The Balaban J connectivity index is 1.93. The molecule has 0 amide bonds. The third-order valence-corrected chi connectivity index (χ3v) is 6.72. The number of Topliss-reactive ketones (excluding diaryl/α,β-unsaturated/α-hetero) is 1. The van der Waals surface area contributed by atoms with Crippen molar-refractivity contribution in [3.8, 4) is 0 Å². The second-order valence-electron chi connectivity index (χ2n) is 7.93. The minimum Gasteiger partial charge on any atom is -0.469 e. The summed E-state index contributed by atoms with van der Waals surface area (Å²) in [5.41, 5.74) is 0.834. The maximum atomic E-state index is 12.8. The molecular formula is C24H36O4S. The molecule has 162 valence electrons. The molecule has 2 rings (SSSR count). The van der Waals surface area contributed by atoms with Gasteiger partial charge in [-0.2, -0.15) is 0 Å². The Morgan fingerprint density at radius 3 is 2.72 bits per heavy atom. The van der Waals surface area contributed by atoms with Crippen molar-refractivity contribution in [2.45, 2.75) is 77.2 Å². The smallest absolute Gasteiger partial charge is 0.305 e. The standard InChI is InChI=1S/C24H36O4S/c1-3-29-22-17-19(15-16-21(25)18-11-7-6-8-12-18)20(24(22)27)13-9-4-5-10-14-23(26)28-2/h13,15-19,21,25H,3-12,14H2,1-2H3. The van der Waals surface area contributed by atoms with Crippen LogP contribution >= 0.6 is 11.8 Å². The second kappa shape index (κ2) is 13.1. The second-order valence-corrected chi connectivity index (χ2v) is 9.23. The highest BCUT2D eigenvalue weighted by molar-refractivity contribution is 8.04. The Labute approximate surface area is 179 Å². The van der Waals surface area contributed by atoms with Crippen LogP contribution in [0.15, 0.2) is 34.8 Å². The van der Waals surface area contributed by atoms with Gasteiger partial charge >= 0.3 is 5.97 Å². The Kier molecular flexibility index (Phi) is 10.8. The molecule has 0 aromatic carbocycles. The number of hydrogen-bond donors (Lipinski definition) is 1. The summed E-state index contributed by atoms with van der Waals surface area (Å²) < 4.78 is 4.66. The van der Waals surface area contributed by atoms with Crippen molar-refractivity contribution < 1.29 is 19.4 Å². The molecule has 0 bridgehead atoms. The minimum absolute atomic E-state index is 0.0372. The number of aliphatic hydroxyl groups is 1. The van der Waals surface area contributed by atoms with Crippen LogP contribution in [0, 0.1) is 11.8 Å². The predicted molar refractivity (Wildman–Crippen MR) is 120 cm³/mol. The Morgan fingerprint density at radius 1 is 1.28 bits per heavy atom. The molecular weight excluding hydrogens is 384 g/mol. The number of aliphatic hydroxyl groups excluding tert-OH is 1. The van der Waals surface area contributed by atoms with Gasteiger partial charge in [0.1, 0.15) is 0 Å². The number of hydrogen-bond acceptors (Lipinski definition) is 5. The van der Waals surface area contributed by atoms with Gasteiger partial charge in [0.15, 0.2) is 5.78 Å². The molecule has 2 unspecified atom stereocenters. The molecule has 0 spiro atoms. The molecule has 1 fully saturated rings. The molecule has 1 saturated carbocycles. The Bertz CT molecular complexity index is 629. The quantitative estimate of drug-likeness (QED) is 0.211. The zero-order valence-corrected chi connectivity index (χ0v) is 18.7. The van der Waals surface area contributed by atoms with E-state index in [0.717, 1.165) is 54.8 Å². The van der Waals surface area contributed by atoms with Crippen molar-refractivity contribution in [1.82, 2.24) is 0 Å². The largest absolute Gasteiger partial charge is 0.469 e. The summed E-state index contributed by atoms with van der Waals surface area (Å²) in [6, 6.07) is 0. The number of rotatable bonds is 11. The zero-order valence-electron chi connectivity index (χ0n) is 17.9. The normalized spacial score (nSPS) is 23.0. The van der Waals surface area contributed by atoms with Gasteiger partial charge in [0.2, 0.25) is 0 Å². The van der Waals surface area contributed by atoms with E-state index >= 15 is 0 Å². The van der Waals surface area contributed by atoms with Crippen LogP contribution in [0.2, 0.25) is 0 Å². The van der Waals surface area contributed by atoms with E-state index in [4.69, 9.17) is 0 Å². The molecule has 5 heteroatoms. The lowest BCUT2D eigenvalue weighted by atomic mass is 9.84. The third kappa shape index (κ3) is 7.78. The lowest BCUT2D eigenvalue weighted by molar-refractivity contribution is -0.140. The molecule has 0 aliphatic heterocycles. The fraction of sp³-hybridized carbons (Fsp3) is 0.667. The molecule has 0 radical (unpaired) electrons. The average molecular weight is 421 g/mol. The highest BCUT2D eigenvalue weighted by Crippen LogP contribution is 2.35. The van der Waals surface area contributed by atoms with Crippen molar-refractivity contribution in [1.29, 1.82) is 0 Å². The highest BCUT2D eigenvalue weighted by Gasteiger charge is 2.28. The van der Waals surface area contributed by atoms with Crippen LogP contribution in [0.1, 0.15) is 71.1 Å². The number of carbonyl (C=O) groups excluding carboxylic acids is 2. The van der Waals surface area contributed by atoms with E-state index in [1.54, 1.807) is 11.8 Å². The number of methoxy groups -OCH3 is 1. The number of ketones is 1. The van der Waals surface area contributed by atoms with Crippen LogP contribution in [0.4, 0.5) is 0 Å². The summed E-state index contributed by atoms with van der Waals surface area (Å²) in [7, 11) is 1.41. The monoisotopic (exact) mass is 420 g/mol. The fourth-order valence-electron chi connectivity index (χ4n) is 4.10. The third-order valence-electron chi connectivity index (χ3n) is 5.80. The first kappa shape index (κ1) is 23.9. The average Bonchev–Trinajstić information content (AvgIpc) is 3.04. The van der Waals surface area contributed by atoms with E-state index in [0.29, 0.717) is 12.3 Å². The predicted octanol–water partition coefficient (Wildman–Crippen LogP) is 5.37. The molecule has 0 heterocycles. The van der Waals surface area contributed by atoms with Crippen LogP contribution in [-0.4, -0.2) is 35.8 Å². The molecule has 4 nitrogen and oxygen atoms in total. The summed E-state index contributed by atoms with van der Waals surface area (Å²) in [6.45, 7) is 2.06. The van der Waals surface area contributed by atoms with Crippen LogP contribution in [0.3, 0.4) is 0 Å². The van der Waals surface area contributed by atoms with Gasteiger partial charge in [-0.1, -0.05) is 56.9 Å². The summed E-state index contributed by atoms with van der Waals surface area (Å²) in [6.07, 6.45) is 17.5. The van der Waals surface area contributed by atoms with Crippen LogP contribution in [-0.2, 0) is 14.3 Å². The number of esters is 1. The number of allylic oxidation sites excluding steroid dienone is 5. The fourth-order valence-corrected chi connectivity index (χ4v) is 4.90. The summed E-state index contributed by atoms with van der Waals surface area (Å²) in [5.74, 6) is 1.16. The lowest BCUT2D eigenvalue weighted by Crippen LogP contribution is -2.20. The van der Waals surface area contributed by atoms with Gasteiger partial charge in [0, 0.05) is 17.9 Å². The molecule has 0 saturated heterocycles. The zero-order chi connectivity index (χ0) is 21.1. The van der Waals surface area contributed by atoms with Gasteiger partial charge in [-0.25, -0.2) is 0 Å². The number of ether oxygens (including phenoxy) is 1. The van der Waals surface area contributed by atoms with Crippen LogP contribution < -0.4 is 0 Å². The minimum atomic E-state index is -0.416. The Morgan fingerprint density at radius 2 is 2.03 bits per heavy atom. The van der Waals surface area contributed by atoms with Gasteiger partial charge in [0.05, 0.1) is 18.1 Å². The van der Waals surface area contributed by atoms with Crippen LogP contribution in [0.25, 0.3) is 0 Å². The van der Waals surface area contributed by atoms with E-state index < -0.39 is 6.10 Å². The van der Waals surface area contributed by atoms with E-state index in [-0.39, 0.29) is 17.7 Å². The van der Waals surface area contributed by atoms with Gasteiger partial charge in [-0.05, 0) is 43.8 Å². The molecule has 2 aliphatic rings. The molecule has 2 atom stereocenters.